The molecule has 1 heterocycles. The number of ether oxygens (including phenoxy) is 2. The van der Waals surface area contributed by atoms with Gasteiger partial charge in [-0.2, -0.15) is 5.10 Å². The predicted molar refractivity (Wildman–Crippen MR) is 82.3 cm³/mol. The zero-order valence-corrected chi connectivity index (χ0v) is 13.3. The van der Waals surface area contributed by atoms with Crippen LogP contribution >= 0.6 is 15.9 Å². The minimum Gasteiger partial charge on any atom is -0.493 e. The average molecular weight is 340 g/mol. The van der Waals surface area contributed by atoms with Gasteiger partial charge in [0, 0.05) is 0 Å². The smallest absolute Gasteiger partial charge is 0.160 e. The van der Waals surface area contributed by atoms with E-state index in [1.807, 2.05) is 18.2 Å². The summed E-state index contributed by atoms with van der Waals surface area (Å²) in [5.74, 6) is 2.09. The van der Waals surface area contributed by atoms with Crippen molar-refractivity contribution in [1.29, 1.82) is 0 Å². The van der Waals surface area contributed by atoms with Crippen molar-refractivity contribution in [3.63, 3.8) is 0 Å². The van der Waals surface area contributed by atoms with E-state index in [1.165, 1.54) is 0 Å². The molecular weight excluding hydrogens is 322 g/mol. The molecule has 1 atom stereocenters. The van der Waals surface area contributed by atoms with Crippen molar-refractivity contribution < 1.29 is 9.47 Å². The Kier molecular flexibility index (Phi) is 4.54. The van der Waals surface area contributed by atoms with E-state index in [0.29, 0.717) is 5.82 Å². The fraction of sp³-hybridized carbons (Fsp3) is 0.357. The monoisotopic (exact) mass is 339 g/mol. The van der Waals surface area contributed by atoms with E-state index in [9.17, 15) is 0 Å². The molecule has 0 saturated carbocycles. The van der Waals surface area contributed by atoms with Crippen molar-refractivity contribution >= 4 is 21.7 Å². The molecule has 2 aromatic rings. The van der Waals surface area contributed by atoms with E-state index >= 15 is 0 Å². The van der Waals surface area contributed by atoms with Crippen LogP contribution in [-0.2, 0) is 6.42 Å². The Morgan fingerprint density at radius 3 is 2.55 bits per heavy atom. The summed E-state index contributed by atoms with van der Waals surface area (Å²) in [6.45, 7) is 2.08. The van der Waals surface area contributed by atoms with E-state index in [-0.39, 0.29) is 6.04 Å². The highest BCUT2D eigenvalue weighted by Gasteiger charge is 2.13. The molecule has 1 aromatic heterocycles. The Bertz CT molecular complexity index is 598. The van der Waals surface area contributed by atoms with Crippen LogP contribution in [0.2, 0.25) is 0 Å². The maximum Gasteiger partial charge on any atom is 0.160 e. The number of aromatic nitrogens is 2. The molecule has 0 aliphatic heterocycles. The van der Waals surface area contributed by atoms with Crippen molar-refractivity contribution in [3.8, 4) is 11.5 Å². The topological polar surface area (TPSA) is 62.3 Å². The number of hydrogen-bond acceptors (Lipinski definition) is 4. The zero-order chi connectivity index (χ0) is 14.7. The number of rotatable bonds is 5. The van der Waals surface area contributed by atoms with Crippen LogP contribution in [0.3, 0.4) is 0 Å². The van der Waals surface area contributed by atoms with Gasteiger partial charge >= 0.3 is 0 Å². The molecule has 0 aliphatic rings. The van der Waals surface area contributed by atoms with E-state index in [2.05, 4.69) is 28.0 Å². The number of benzene rings is 1. The minimum absolute atomic E-state index is 0.152. The molecule has 6 heteroatoms. The number of hydrogen-bond donors (Lipinski definition) is 1. The maximum absolute atomic E-state index is 5.97. The first kappa shape index (κ1) is 14.7. The third-order valence-corrected chi connectivity index (χ3v) is 3.79. The second-order valence-electron chi connectivity index (χ2n) is 4.56. The molecule has 0 fully saturated rings. The van der Waals surface area contributed by atoms with Crippen molar-refractivity contribution in [1.82, 2.24) is 9.78 Å². The summed E-state index contributed by atoms with van der Waals surface area (Å²) in [7, 11) is 3.26. The molecule has 0 amide bonds. The summed E-state index contributed by atoms with van der Waals surface area (Å²) in [5, 5.41) is 4.28. The largest absolute Gasteiger partial charge is 0.493 e. The summed E-state index contributed by atoms with van der Waals surface area (Å²) < 4.78 is 13.2. The van der Waals surface area contributed by atoms with Gasteiger partial charge in [-0.25, -0.2) is 4.68 Å². The lowest BCUT2D eigenvalue weighted by Gasteiger charge is -2.15. The SMILES string of the molecule is COc1ccc(CC(C)n2ncc(Br)c2N)cc1OC. The highest BCUT2D eigenvalue weighted by atomic mass is 79.9. The summed E-state index contributed by atoms with van der Waals surface area (Å²) in [4.78, 5) is 0. The number of anilines is 1. The first-order valence-electron chi connectivity index (χ1n) is 6.26. The number of halogens is 1. The molecule has 108 valence electrons. The van der Waals surface area contributed by atoms with Crippen molar-refractivity contribution in [2.24, 2.45) is 0 Å². The molecule has 0 aliphatic carbocycles. The van der Waals surface area contributed by atoms with Crippen molar-refractivity contribution in [2.45, 2.75) is 19.4 Å². The van der Waals surface area contributed by atoms with Gasteiger partial charge in [0.15, 0.2) is 11.5 Å². The standard InChI is InChI=1S/C14H18BrN3O2/c1-9(18-14(16)11(15)8-17-18)6-10-4-5-12(19-2)13(7-10)20-3/h4-5,7-9H,6,16H2,1-3H3. The Balaban J connectivity index is 2.19. The van der Waals surface area contributed by atoms with Crippen LogP contribution in [0.15, 0.2) is 28.9 Å². The molecule has 0 spiro atoms. The van der Waals surface area contributed by atoms with Crippen LogP contribution in [0.5, 0.6) is 11.5 Å². The predicted octanol–water partition coefficient (Wildman–Crippen LogP) is 3.05. The van der Waals surface area contributed by atoms with Crippen LogP contribution in [0, 0.1) is 0 Å². The van der Waals surface area contributed by atoms with Gasteiger partial charge in [0.1, 0.15) is 5.82 Å². The van der Waals surface area contributed by atoms with E-state index in [1.54, 1.807) is 25.1 Å². The molecule has 0 bridgehead atoms. The van der Waals surface area contributed by atoms with Crippen molar-refractivity contribution in [3.05, 3.63) is 34.4 Å². The van der Waals surface area contributed by atoms with Crippen LogP contribution in [0.25, 0.3) is 0 Å². The van der Waals surface area contributed by atoms with E-state index < -0.39 is 0 Å². The summed E-state index contributed by atoms with van der Waals surface area (Å²) >= 11 is 3.37. The Morgan fingerprint density at radius 2 is 2.00 bits per heavy atom. The molecule has 20 heavy (non-hydrogen) atoms. The molecule has 5 nitrogen and oxygen atoms in total. The molecule has 2 rings (SSSR count). The number of methoxy groups -OCH3 is 2. The highest BCUT2D eigenvalue weighted by Crippen LogP contribution is 2.30. The van der Waals surface area contributed by atoms with E-state index in [4.69, 9.17) is 15.2 Å². The van der Waals surface area contributed by atoms with Gasteiger partial charge in [-0.05, 0) is 47.0 Å². The fourth-order valence-corrected chi connectivity index (χ4v) is 2.41. The second kappa shape index (κ2) is 6.17. The Morgan fingerprint density at radius 1 is 1.30 bits per heavy atom. The highest BCUT2D eigenvalue weighted by molar-refractivity contribution is 9.10. The third-order valence-electron chi connectivity index (χ3n) is 3.18. The van der Waals surface area contributed by atoms with Crippen LogP contribution in [0.4, 0.5) is 5.82 Å². The van der Waals surface area contributed by atoms with Gasteiger partial charge in [0.25, 0.3) is 0 Å². The molecule has 2 N–H and O–H groups in total. The van der Waals surface area contributed by atoms with Gasteiger partial charge in [-0.1, -0.05) is 6.07 Å². The second-order valence-corrected chi connectivity index (χ2v) is 5.42. The van der Waals surface area contributed by atoms with Gasteiger partial charge in [0.2, 0.25) is 0 Å². The first-order valence-corrected chi connectivity index (χ1v) is 7.05. The zero-order valence-electron chi connectivity index (χ0n) is 11.8. The third kappa shape index (κ3) is 2.90. The number of nitrogens with zero attached hydrogens (tertiary/aromatic N) is 2. The molecular formula is C14H18BrN3O2. The average Bonchev–Trinajstić information content (AvgIpc) is 2.79. The van der Waals surface area contributed by atoms with Gasteiger partial charge < -0.3 is 15.2 Å². The Labute approximate surface area is 126 Å². The Hall–Kier alpha value is -1.69. The van der Waals surface area contributed by atoms with Crippen LogP contribution < -0.4 is 15.2 Å². The molecule has 1 unspecified atom stereocenters. The summed E-state index contributed by atoms with van der Waals surface area (Å²) in [5.41, 5.74) is 7.11. The number of nitrogen functional groups attached to an aromatic ring is 1. The first-order chi connectivity index (χ1) is 9.56. The normalized spacial score (nSPS) is 12.2. The quantitative estimate of drug-likeness (QED) is 0.909. The number of nitrogens with two attached hydrogens (primary N) is 1. The fourth-order valence-electron chi connectivity index (χ4n) is 2.14. The van der Waals surface area contributed by atoms with Crippen LogP contribution in [0.1, 0.15) is 18.5 Å². The lowest BCUT2D eigenvalue weighted by atomic mass is 10.1. The van der Waals surface area contributed by atoms with Crippen LogP contribution in [-0.4, -0.2) is 24.0 Å². The molecule has 0 saturated heterocycles. The molecule has 1 aromatic carbocycles. The lowest BCUT2D eigenvalue weighted by Crippen LogP contribution is -2.12. The lowest BCUT2D eigenvalue weighted by molar-refractivity contribution is 0.354. The summed E-state index contributed by atoms with van der Waals surface area (Å²) in [6.07, 6.45) is 2.51. The van der Waals surface area contributed by atoms with Crippen molar-refractivity contribution in [2.75, 3.05) is 20.0 Å². The van der Waals surface area contributed by atoms with Gasteiger partial charge in [0.05, 0.1) is 30.9 Å². The van der Waals surface area contributed by atoms with E-state index in [0.717, 1.165) is 28.0 Å². The van der Waals surface area contributed by atoms with Gasteiger partial charge in [-0.3, -0.25) is 0 Å². The van der Waals surface area contributed by atoms with Gasteiger partial charge in [-0.15, -0.1) is 0 Å². The minimum atomic E-state index is 0.152. The maximum atomic E-state index is 5.97. The summed E-state index contributed by atoms with van der Waals surface area (Å²) in [6, 6.07) is 6.05. The molecule has 0 radical (unpaired) electrons.